The number of nitrogens with zero attached hydrogens (tertiary/aromatic N) is 1. The van der Waals surface area contributed by atoms with Crippen LogP contribution in [-0.4, -0.2) is 26.3 Å². The van der Waals surface area contributed by atoms with Gasteiger partial charge in [-0.25, -0.2) is 12.7 Å². The fourth-order valence-corrected chi connectivity index (χ4v) is 3.19. The zero-order chi connectivity index (χ0) is 14.5. The molecule has 1 aromatic carbocycles. The zero-order valence-electron chi connectivity index (χ0n) is 12.0. The molecular formula is C14H24N2O2S. The van der Waals surface area contributed by atoms with Gasteiger partial charge in [-0.15, -0.1) is 0 Å². The quantitative estimate of drug-likeness (QED) is 0.618. The first-order chi connectivity index (χ1) is 8.93. The minimum absolute atomic E-state index is 0.279. The van der Waals surface area contributed by atoms with Gasteiger partial charge in [-0.1, -0.05) is 32.8 Å². The monoisotopic (exact) mass is 284 g/mol. The van der Waals surface area contributed by atoms with Crippen molar-refractivity contribution in [2.75, 3.05) is 19.3 Å². The van der Waals surface area contributed by atoms with Crippen LogP contribution in [0.4, 0.5) is 5.69 Å². The predicted octanol–water partition coefficient (Wildman–Crippen LogP) is 2.64. The van der Waals surface area contributed by atoms with Crippen LogP contribution in [0.25, 0.3) is 0 Å². The SMILES string of the molecule is CCCCCN(C)S(=O)(=O)c1ccc(CC)c(N)c1. The lowest BCUT2D eigenvalue weighted by molar-refractivity contribution is 0.454. The van der Waals surface area contributed by atoms with Crippen LogP contribution in [0.2, 0.25) is 0 Å². The van der Waals surface area contributed by atoms with Crippen molar-refractivity contribution >= 4 is 15.7 Å². The summed E-state index contributed by atoms with van der Waals surface area (Å²) in [5.74, 6) is 0. The van der Waals surface area contributed by atoms with Crippen LogP contribution in [0.1, 0.15) is 38.7 Å². The summed E-state index contributed by atoms with van der Waals surface area (Å²) < 4.78 is 26.1. The molecule has 0 spiro atoms. The van der Waals surface area contributed by atoms with Crippen molar-refractivity contribution in [1.29, 1.82) is 0 Å². The van der Waals surface area contributed by atoms with Crippen LogP contribution < -0.4 is 5.73 Å². The Hall–Kier alpha value is -1.07. The van der Waals surface area contributed by atoms with Crippen molar-refractivity contribution in [1.82, 2.24) is 4.31 Å². The average Bonchev–Trinajstić information content (AvgIpc) is 2.38. The molecule has 0 aliphatic carbocycles. The smallest absolute Gasteiger partial charge is 0.242 e. The lowest BCUT2D eigenvalue weighted by Gasteiger charge is -2.17. The molecule has 1 rings (SSSR count). The van der Waals surface area contributed by atoms with Gasteiger partial charge in [-0.2, -0.15) is 0 Å². The minimum atomic E-state index is -3.41. The van der Waals surface area contributed by atoms with E-state index in [9.17, 15) is 8.42 Å². The van der Waals surface area contributed by atoms with Gasteiger partial charge < -0.3 is 5.73 Å². The van der Waals surface area contributed by atoms with Crippen LogP contribution >= 0.6 is 0 Å². The normalized spacial score (nSPS) is 12.0. The molecule has 0 amide bonds. The summed E-state index contributed by atoms with van der Waals surface area (Å²) in [5, 5.41) is 0. The first-order valence-electron chi connectivity index (χ1n) is 6.78. The Bertz CT molecular complexity index is 512. The molecule has 1 aromatic rings. The van der Waals surface area contributed by atoms with Gasteiger partial charge >= 0.3 is 0 Å². The highest BCUT2D eigenvalue weighted by Gasteiger charge is 2.20. The molecule has 108 valence electrons. The number of nitrogen functional groups attached to an aromatic ring is 1. The molecule has 0 unspecified atom stereocenters. The molecule has 0 atom stereocenters. The maximum absolute atomic E-state index is 12.3. The Morgan fingerprint density at radius 2 is 1.89 bits per heavy atom. The number of nitrogens with two attached hydrogens (primary N) is 1. The number of hydrogen-bond donors (Lipinski definition) is 1. The van der Waals surface area contributed by atoms with E-state index in [1.165, 1.54) is 4.31 Å². The van der Waals surface area contributed by atoms with Gasteiger partial charge in [0.25, 0.3) is 0 Å². The van der Waals surface area contributed by atoms with E-state index < -0.39 is 10.0 Å². The van der Waals surface area contributed by atoms with E-state index in [0.29, 0.717) is 12.2 Å². The number of unbranched alkanes of at least 4 members (excludes halogenated alkanes) is 2. The fourth-order valence-electron chi connectivity index (χ4n) is 1.94. The maximum atomic E-state index is 12.3. The van der Waals surface area contributed by atoms with Crippen molar-refractivity contribution in [2.45, 2.75) is 44.4 Å². The summed E-state index contributed by atoms with van der Waals surface area (Å²) in [6.45, 7) is 4.64. The Morgan fingerprint density at radius 3 is 2.42 bits per heavy atom. The largest absolute Gasteiger partial charge is 0.398 e. The molecule has 0 fully saturated rings. The van der Waals surface area contributed by atoms with E-state index in [-0.39, 0.29) is 4.90 Å². The molecule has 4 nitrogen and oxygen atoms in total. The molecule has 5 heteroatoms. The second kappa shape index (κ2) is 6.91. The number of hydrogen-bond acceptors (Lipinski definition) is 3. The second-order valence-corrected chi connectivity index (χ2v) is 6.79. The van der Waals surface area contributed by atoms with Gasteiger partial charge in [-0.05, 0) is 30.5 Å². The van der Waals surface area contributed by atoms with E-state index in [1.807, 2.05) is 6.92 Å². The van der Waals surface area contributed by atoms with Crippen molar-refractivity contribution in [2.24, 2.45) is 0 Å². The van der Waals surface area contributed by atoms with Gasteiger partial charge in [0, 0.05) is 19.3 Å². The molecular weight excluding hydrogens is 260 g/mol. The van der Waals surface area contributed by atoms with Gasteiger partial charge in [0.1, 0.15) is 0 Å². The lowest BCUT2D eigenvalue weighted by atomic mass is 10.1. The van der Waals surface area contributed by atoms with E-state index in [1.54, 1.807) is 25.2 Å². The van der Waals surface area contributed by atoms with Gasteiger partial charge in [0.05, 0.1) is 4.90 Å². The van der Waals surface area contributed by atoms with Crippen LogP contribution in [-0.2, 0) is 16.4 Å². The average molecular weight is 284 g/mol. The standard InChI is InChI=1S/C14H24N2O2S/c1-4-6-7-10-16(3)19(17,18)13-9-8-12(5-2)14(15)11-13/h8-9,11H,4-7,10,15H2,1-3H3. The summed E-state index contributed by atoms with van der Waals surface area (Å²) in [6.07, 6.45) is 3.80. The lowest BCUT2D eigenvalue weighted by Crippen LogP contribution is -2.28. The van der Waals surface area contributed by atoms with E-state index in [4.69, 9.17) is 5.73 Å². The van der Waals surface area contributed by atoms with E-state index in [2.05, 4.69) is 6.92 Å². The number of anilines is 1. The zero-order valence-corrected chi connectivity index (χ0v) is 12.8. The molecule has 0 radical (unpaired) electrons. The molecule has 0 saturated heterocycles. The first kappa shape index (κ1) is 16.0. The van der Waals surface area contributed by atoms with Gasteiger partial charge in [0.2, 0.25) is 10.0 Å². The fraction of sp³-hybridized carbons (Fsp3) is 0.571. The van der Waals surface area contributed by atoms with Crippen LogP contribution in [0.3, 0.4) is 0 Å². The summed E-state index contributed by atoms with van der Waals surface area (Å²) in [4.78, 5) is 0.279. The summed E-state index contributed by atoms with van der Waals surface area (Å²) >= 11 is 0. The second-order valence-electron chi connectivity index (χ2n) is 4.75. The molecule has 0 heterocycles. The van der Waals surface area contributed by atoms with Crippen LogP contribution in [0.5, 0.6) is 0 Å². The van der Waals surface area contributed by atoms with Crippen molar-refractivity contribution in [3.8, 4) is 0 Å². The number of benzene rings is 1. The maximum Gasteiger partial charge on any atom is 0.242 e. The number of aryl methyl sites for hydroxylation is 1. The van der Waals surface area contributed by atoms with Crippen molar-refractivity contribution < 1.29 is 8.42 Å². The number of rotatable bonds is 7. The molecule has 19 heavy (non-hydrogen) atoms. The Morgan fingerprint density at radius 1 is 1.21 bits per heavy atom. The third-order valence-electron chi connectivity index (χ3n) is 3.28. The topological polar surface area (TPSA) is 63.4 Å². The molecule has 0 aromatic heterocycles. The van der Waals surface area contributed by atoms with E-state index in [0.717, 1.165) is 31.2 Å². The molecule has 0 bridgehead atoms. The molecule has 0 aliphatic rings. The summed E-state index contributed by atoms with van der Waals surface area (Å²) in [6, 6.07) is 4.99. The van der Waals surface area contributed by atoms with Crippen molar-refractivity contribution in [3.63, 3.8) is 0 Å². The molecule has 0 saturated carbocycles. The highest BCUT2D eigenvalue weighted by Crippen LogP contribution is 2.21. The first-order valence-corrected chi connectivity index (χ1v) is 8.22. The van der Waals surface area contributed by atoms with Crippen LogP contribution in [0.15, 0.2) is 23.1 Å². The van der Waals surface area contributed by atoms with Gasteiger partial charge in [-0.3, -0.25) is 0 Å². The minimum Gasteiger partial charge on any atom is -0.398 e. The molecule has 0 aliphatic heterocycles. The summed E-state index contributed by atoms with van der Waals surface area (Å²) in [5.41, 5.74) is 7.39. The Labute approximate surface area is 116 Å². The summed E-state index contributed by atoms with van der Waals surface area (Å²) in [7, 11) is -1.79. The third kappa shape index (κ3) is 3.94. The highest BCUT2D eigenvalue weighted by atomic mass is 32.2. The molecule has 2 N–H and O–H groups in total. The Kier molecular flexibility index (Phi) is 5.82. The predicted molar refractivity (Wildman–Crippen MR) is 79.6 cm³/mol. The van der Waals surface area contributed by atoms with Gasteiger partial charge in [0.15, 0.2) is 0 Å². The van der Waals surface area contributed by atoms with Crippen molar-refractivity contribution in [3.05, 3.63) is 23.8 Å². The van der Waals surface area contributed by atoms with Crippen LogP contribution in [0, 0.1) is 0 Å². The van der Waals surface area contributed by atoms with E-state index >= 15 is 0 Å². The number of sulfonamides is 1. The highest BCUT2D eigenvalue weighted by molar-refractivity contribution is 7.89. The Balaban J connectivity index is 2.90. The third-order valence-corrected chi connectivity index (χ3v) is 5.14.